The number of nitrogens with one attached hydrogen (secondary N) is 1. The number of hydrogen-bond donors (Lipinski definition) is 3. The SMILES string of the molecule is CCCNC(=O)C1(C)Oc2c(C)c(C)c(O)c(C)c2CC1O. The third-order valence-electron chi connectivity index (χ3n) is 4.67. The van der Waals surface area contributed by atoms with Crippen molar-refractivity contribution in [2.75, 3.05) is 6.54 Å². The van der Waals surface area contributed by atoms with Gasteiger partial charge in [-0.25, -0.2) is 0 Å². The fourth-order valence-corrected chi connectivity index (χ4v) is 2.83. The van der Waals surface area contributed by atoms with Crippen molar-refractivity contribution in [2.45, 2.75) is 59.2 Å². The molecule has 0 aromatic heterocycles. The Bertz CT molecular complexity index is 611. The summed E-state index contributed by atoms with van der Waals surface area (Å²) in [5.74, 6) is 0.522. The van der Waals surface area contributed by atoms with E-state index in [0.29, 0.717) is 17.9 Å². The van der Waals surface area contributed by atoms with Gasteiger partial charge in [-0.05, 0) is 50.8 Å². The summed E-state index contributed by atoms with van der Waals surface area (Å²) in [5, 5.41) is 23.4. The second-order valence-electron chi connectivity index (χ2n) is 6.22. The molecule has 5 heteroatoms. The zero-order valence-corrected chi connectivity index (χ0v) is 13.9. The van der Waals surface area contributed by atoms with Crippen LogP contribution in [0.4, 0.5) is 0 Å². The van der Waals surface area contributed by atoms with Crippen molar-refractivity contribution >= 4 is 5.91 Å². The van der Waals surface area contributed by atoms with Crippen LogP contribution >= 0.6 is 0 Å². The van der Waals surface area contributed by atoms with E-state index < -0.39 is 11.7 Å². The number of rotatable bonds is 3. The molecule has 0 spiro atoms. The molecule has 1 aromatic rings. The van der Waals surface area contributed by atoms with E-state index in [2.05, 4.69) is 5.32 Å². The first-order valence-electron chi connectivity index (χ1n) is 7.71. The zero-order chi connectivity index (χ0) is 16.7. The lowest BCUT2D eigenvalue weighted by Crippen LogP contribution is -2.59. The van der Waals surface area contributed by atoms with Gasteiger partial charge < -0.3 is 20.3 Å². The number of phenolic OH excluding ortho intramolecular Hbond substituents is 1. The molecule has 122 valence electrons. The van der Waals surface area contributed by atoms with Crippen LogP contribution in [0.25, 0.3) is 0 Å². The Labute approximate surface area is 131 Å². The number of fused-ring (bicyclic) bond motifs is 1. The molecular weight excluding hydrogens is 282 g/mol. The molecule has 1 aliphatic heterocycles. The maximum Gasteiger partial charge on any atom is 0.266 e. The molecule has 3 N–H and O–H groups in total. The Hall–Kier alpha value is -1.75. The molecule has 1 amide bonds. The number of phenols is 1. The average molecular weight is 307 g/mol. The summed E-state index contributed by atoms with van der Waals surface area (Å²) in [6.07, 6.45) is 0.142. The van der Waals surface area contributed by atoms with Crippen LogP contribution in [0.3, 0.4) is 0 Å². The van der Waals surface area contributed by atoms with Crippen LogP contribution in [-0.2, 0) is 11.2 Å². The Balaban J connectivity index is 2.47. The standard InChI is InChI=1S/C17H25NO4/c1-6-7-18-16(21)17(5)13(19)8-12-11(4)14(20)9(2)10(3)15(12)22-17/h13,19-20H,6-8H2,1-5H3,(H,18,21). The molecule has 0 saturated carbocycles. The van der Waals surface area contributed by atoms with E-state index in [1.54, 1.807) is 13.8 Å². The number of benzene rings is 1. The van der Waals surface area contributed by atoms with Crippen LogP contribution in [-0.4, -0.2) is 34.4 Å². The van der Waals surface area contributed by atoms with Crippen LogP contribution in [0.2, 0.25) is 0 Å². The van der Waals surface area contributed by atoms with Crippen LogP contribution < -0.4 is 10.1 Å². The minimum absolute atomic E-state index is 0.228. The van der Waals surface area contributed by atoms with Gasteiger partial charge in [-0.3, -0.25) is 4.79 Å². The van der Waals surface area contributed by atoms with Gasteiger partial charge in [0.25, 0.3) is 5.91 Å². The summed E-state index contributed by atoms with van der Waals surface area (Å²) >= 11 is 0. The molecule has 1 heterocycles. The third kappa shape index (κ3) is 2.43. The highest BCUT2D eigenvalue weighted by atomic mass is 16.5. The van der Waals surface area contributed by atoms with Crippen molar-refractivity contribution in [3.8, 4) is 11.5 Å². The highest BCUT2D eigenvalue weighted by Gasteiger charge is 2.47. The van der Waals surface area contributed by atoms with Gasteiger partial charge in [0.2, 0.25) is 5.60 Å². The van der Waals surface area contributed by atoms with Crippen molar-refractivity contribution in [2.24, 2.45) is 0 Å². The van der Waals surface area contributed by atoms with Gasteiger partial charge in [0.05, 0.1) is 0 Å². The zero-order valence-electron chi connectivity index (χ0n) is 13.9. The van der Waals surface area contributed by atoms with Gasteiger partial charge >= 0.3 is 0 Å². The number of carbonyl (C=O) groups is 1. The molecule has 0 bridgehead atoms. The smallest absolute Gasteiger partial charge is 0.266 e. The molecule has 0 saturated heterocycles. The van der Waals surface area contributed by atoms with Crippen LogP contribution in [0.5, 0.6) is 11.5 Å². The lowest BCUT2D eigenvalue weighted by atomic mass is 9.84. The van der Waals surface area contributed by atoms with Crippen LogP contribution in [0.15, 0.2) is 0 Å². The van der Waals surface area contributed by atoms with Crippen molar-refractivity contribution in [3.05, 3.63) is 22.3 Å². The fraction of sp³-hybridized carbons (Fsp3) is 0.588. The summed E-state index contributed by atoms with van der Waals surface area (Å²) in [7, 11) is 0. The average Bonchev–Trinajstić information content (AvgIpc) is 2.50. The minimum atomic E-state index is -1.32. The molecule has 5 nitrogen and oxygen atoms in total. The lowest BCUT2D eigenvalue weighted by molar-refractivity contribution is -0.147. The molecule has 1 aromatic carbocycles. The van der Waals surface area contributed by atoms with Crippen molar-refractivity contribution in [3.63, 3.8) is 0 Å². The van der Waals surface area contributed by atoms with Gasteiger partial charge in [0.15, 0.2) is 0 Å². The van der Waals surface area contributed by atoms with Crippen molar-refractivity contribution < 1.29 is 19.7 Å². The summed E-state index contributed by atoms with van der Waals surface area (Å²) in [4.78, 5) is 12.4. The molecule has 2 atom stereocenters. The van der Waals surface area contributed by atoms with Gasteiger partial charge in [-0.1, -0.05) is 6.92 Å². The topological polar surface area (TPSA) is 78.8 Å². The monoisotopic (exact) mass is 307 g/mol. The number of ether oxygens (including phenoxy) is 1. The number of hydrogen-bond acceptors (Lipinski definition) is 4. The molecule has 0 aliphatic carbocycles. The molecule has 1 aliphatic rings. The quantitative estimate of drug-likeness (QED) is 0.797. The van der Waals surface area contributed by atoms with E-state index in [-0.39, 0.29) is 18.1 Å². The second-order valence-corrected chi connectivity index (χ2v) is 6.22. The minimum Gasteiger partial charge on any atom is -0.507 e. The number of aromatic hydroxyl groups is 1. The first-order valence-corrected chi connectivity index (χ1v) is 7.71. The Morgan fingerprint density at radius 1 is 1.32 bits per heavy atom. The predicted molar refractivity (Wildman–Crippen MR) is 84.4 cm³/mol. The number of aliphatic hydroxyl groups is 1. The van der Waals surface area contributed by atoms with E-state index >= 15 is 0 Å². The first kappa shape index (κ1) is 16.6. The number of carbonyl (C=O) groups excluding carboxylic acids is 1. The van der Waals surface area contributed by atoms with E-state index in [1.165, 1.54) is 0 Å². The van der Waals surface area contributed by atoms with E-state index in [1.807, 2.05) is 20.8 Å². The van der Waals surface area contributed by atoms with E-state index in [0.717, 1.165) is 23.1 Å². The van der Waals surface area contributed by atoms with E-state index in [4.69, 9.17) is 4.74 Å². The highest BCUT2D eigenvalue weighted by molar-refractivity contribution is 5.86. The molecule has 2 unspecified atom stereocenters. The number of amides is 1. The third-order valence-corrected chi connectivity index (χ3v) is 4.67. The Morgan fingerprint density at radius 3 is 2.55 bits per heavy atom. The van der Waals surface area contributed by atoms with Crippen molar-refractivity contribution in [1.29, 1.82) is 0 Å². The summed E-state index contributed by atoms with van der Waals surface area (Å²) in [6.45, 7) is 9.61. The number of aliphatic hydroxyl groups excluding tert-OH is 1. The summed E-state index contributed by atoms with van der Waals surface area (Å²) in [6, 6.07) is 0. The van der Waals surface area contributed by atoms with Crippen LogP contribution in [0, 0.1) is 20.8 Å². The lowest BCUT2D eigenvalue weighted by Gasteiger charge is -2.40. The van der Waals surface area contributed by atoms with E-state index in [9.17, 15) is 15.0 Å². The van der Waals surface area contributed by atoms with Crippen LogP contribution in [0.1, 0.15) is 42.5 Å². The van der Waals surface area contributed by atoms with Crippen molar-refractivity contribution in [1.82, 2.24) is 5.32 Å². The first-order chi connectivity index (χ1) is 10.2. The van der Waals surface area contributed by atoms with Gasteiger partial charge in [0.1, 0.15) is 17.6 Å². The normalized spacial score (nSPS) is 23.6. The molecule has 0 fully saturated rings. The predicted octanol–water partition coefficient (Wildman–Crippen LogP) is 1.90. The highest BCUT2D eigenvalue weighted by Crippen LogP contribution is 2.43. The molecule has 22 heavy (non-hydrogen) atoms. The van der Waals surface area contributed by atoms with Gasteiger partial charge in [-0.2, -0.15) is 0 Å². The largest absolute Gasteiger partial charge is 0.507 e. The Morgan fingerprint density at radius 2 is 1.95 bits per heavy atom. The molecule has 0 radical (unpaired) electrons. The maximum absolute atomic E-state index is 12.4. The molecule has 2 rings (SSSR count). The molecular formula is C17H25NO4. The Kier molecular flexibility index (Phi) is 4.38. The van der Waals surface area contributed by atoms with Gasteiger partial charge in [0, 0.05) is 18.5 Å². The fourth-order valence-electron chi connectivity index (χ4n) is 2.83. The maximum atomic E-state index is 12.4. The summed E-state index contributed by atoms with van der Waals surface area (Å²) in [5.41, 5.74) is 1.70. The summed E-state index contributed by atoms with van der Waals surface area (Å²) < 4.78 is 5.96. The van der Waals surface area contributed by atoms with Gasteiger partial charge in [-0.15, -0.1) is 0 Å². The second kappa shape index (κ2) is 5.80.